The van der Waals surface area contributed by atoms with Crippen molar-refractivity contribution >= 4 is 11.8 Å². The molecule has 0 heterocycles. The van der Waals surface area contributed by atoms with E-state index in [9.17, 15) is 19.1 Å². The van der Waals surface area contributed by atoms with E-state index in [-0.39, 0.29) is 18.0 Å². The lowest BCUT2D eigenvalue weighted by Crippen LogP contribution is -2.57. The maximum atomic E-state index is 13.0. The van der Waals surface area contributed by atoms with Crippen molar-refractivity contribution < 1.29 is 19.1 Å². The molecular weight excluding hydrogens is 295 g/mol. The molecule has 1 aromatic rings. The zero-order chi connectivity index (χ0) is 16.2. The first-order valence-corrected chi connectivity index (χ1v) is 8.42. The summed E-state index contributed by atoms with van der Waals surface area (Å²) >= 11 is 0. The molecular formula is C19H21FO3. The lowest BCUT2D eigenvalue weighted by atomic mass is 9.43. The second-order valence-corrected chi connectivity index (χ2v) is 8.05. The number of hydrogen-bond donors (Lipinski definition) is 1. The first kappa shape index (κ1) is 14.9. The summed E-state index contributed by atoms with van der Waals surface area (Å²) in [6.45, 7) is 0. The third kappa shape index (κ3) is 2.30. The molecule has 3 nitrogen and oxygen atoms in total. The van der Waals surface area contributed by atoms with Crippen molar-refractivity contribution in [2.24, 2.45) is 22.7 Å². The van der Waals surface area contributed by atoms with Gasteiger partial charge in [-0.05, 0) is 68.1 Å². The standard InChI is InChI=1S/C19H21FO3/c20-15-3-1-12(2-4-15)6-16(21)18-7-13-5-14(8-18)10-19(9-13,11-18)17(22)23/h1-4,13-14H,5-11H2,(H,22,23). The summed E-state index contributed by atoms with van der Waals surface area (Å²) in [5.74, 6) is -0.107. The Morgan fingerprint density at radius 1 is 1.04 bits per heavy atom. The average molecular weight is 316 g/mol. The molecule has 0 saturated heterocycles. The molecule has 0 aliphatic heterocycles. The third-order valence-corrected chi connectivity index (χ3v) is 6.38. The van der Waals surface area contributed by atoms with Crippen molar-refractivity contribution in [1.29, 1.82) is 0 Å². The highest BCUT2D eigenvalue weighted by Crippen LogP contribution is 2.65. The first-order chi connectivity index (χ1) is 10.9. The Morgan fingerprint density at radius 2 is 1.61 bits per heavy atom. The van der Waals surface area contributed by atoms with E-state index in [1.165, 1.54) is 12.1 Å². The van der Waals surface area contributed by atoms with E-state index in [0.29, 0.717) is 18.3 Å². The molecule has 4 saturated carbocycles. The van der Waals surface area contributed by atoms with Gasteiger partial charge in [-0.2, -0.15) is 0 Å². The van der Waals surface area contributed by atoms with Crippen LogP contribution in [0.15, 0.2) is 24.3 Å². The van der Waals surface area contributed by atoms with Crippen LogP contribution in [0.2, 0.25) is 0 Å². The van der Waals surface area contributed by atoms with Crippen LogP contribution in [0.5, 0.6) is 0 Å². The highest BCUT2D eigenvalue weighted by atomic mass is 19.1. The molecule has 4 aliphatic carbocycles. The van der Waals surface area contributed by atoms with Crippen molar-refractivity contribution in [3.05, 3.63) is 35.6 Å². The number of aliphatic carboxylic acids is 1. The van der Waals surface area contributed by atoms with Crippen LogP contribution in [0.3, 0.4) is 0 Å². The maximum absolute atomic E-state index is 13.0. The van der Waals surface area contributed by atoms with Crippen molar-refractivity contribution in [2.75, 3.05) is 0 Å². The van der Waals surface area contributed by atoms with E-state index < -0.39 is 16.8 Å². The summed E-state index contributed by atoms with van der Waals surface area (Å²) in [4.78, 5) is 24.9. The first-order valence-electron chi connectivity index (χ1n) is 8.42. The van der Waals surface area contributed by atoms with Gasteiger partial charge in [-0.1, -0.05) is 12.1 Å². The summed E-state index contributed by atoms with van der Waals surface area (Å²) in [6, 6.07) is 6.06. The number of carboxylic acids is 1. The Balaban J connectivity index is 1.61. The average Bonchev–Trinajstić information content (AvgIpc) is 2.48. The number of halogens is 1. The minimum Gasteiger partial charge on any atom is -0.481 e. The maximum Gasteiger partial charge on any atom is 0.309 e. The SMILES string of the molecule is O=C(O)C12CC3CC(C1)CC(C(=O)Cc1ccc(F)cc1)(C3)C2. The number of Topliss-reactive ketones (excluding diaryl/α,β-unsaturated/α-hetero) is 1. The number of rotatable bonds is 4. The van der Waals surface area contributed by atoms with Crippen molar-refractivity contribution in [3.63, 3.8) is 0 Å². The molecule has 1 aromatic carbocycles. The second kappa shape index (κ2) is 4.89. The van der Waals surface area contributed by atoms with Crippen molar-refractivity contribution in [2.45, 2.75) is 44.9 Å². The molecule has 0 radical (unpaired) electrons. The van der Waals surface area contributed by atoms with Gasteiger partial charge in [-0.25, -0.2) is 4.39 Å². The predicted octanol–water partition coefficient (Wildman–Crippen LogP) is 3.61. The quantitative estimate of drug-likeness (QED) is 0.923. The Bertz CT molecular complexity index is 650. The number of ketones is 1. The van der Waals surface area contributed by atoms with Crippen LogP contribution >= 0.6 is 0 Å². The van der Waals surface area contributed by atoms with Gasteiger partial charge in [0.15, 0.2) is 0 Å². The van der Waals surface area contributed by atoms with Gasteiger partial charge in [0.05, 0.1) is 5.41 Å². The Labute approximate surface area is 134 Å². The lowest BCUT2D eigenvalue weighted by Gasteiger charge is -2.59. The largest absolute Gasteiger partial charge is 0.481 e. The van der Waals surface area contributed by atoms with Crippen LogP contribution in [-0.2, 0) is 16.0 Å². The molecule has 0 spiro atoms. The molecule has 122 valence electrons. The minimum atomic E-state index is -0.717. The van der Waals surface area contributed by atoms with Crippen LogP contribution in [-0.4, -0.2) is 16.9 Å². The fourth-order valence-corrected chi connectivity index (χ4v) is 5.81. The number of carboxylic acid groups (broad SMARTS) is 1. The summed E-state index contributed by atoms with van der Waals surface area (Å²) in [5, 5.41) is 9.74. The van der Waals surface area contributed by atoms with E-state index in [2.05, 4.69) is 0 Å². The smallest absolute Gasteiger partial charge is 0.309 e. The van der Waals surface area contributed by atoms with Crippen LogP contribution < -0.4 is 0 Å². The van der Waals surface area contributed by atoms with Crippen molar-refractivity contribution in [3.8, 4) is 0 Å². The van der Waals surface area contributed by atoms with Gasteiger partial charge >= 0.3 is 5.97 Å². The summed E-state index contributed by atoms with van der Waals surface area (Å²) < 4.78 is 13.0. The Morgan fingerprint density at radius 3 is 2.17 bits per heavy atom. The molecule has 4 bridgehead atoms. The van der Waals surface area contributed by atoms with Crippen molar-refractivity contribution in [1.82, 2.24) is 0 Å². The molecule has 2 atom stereocenters. The third-order valence-electron chi connectivity index (χ3n) is 6.38. The minimum absolute atomic E-state index is 0.156. The van der Waals surface area contributed by atoms with E-state index in [4.69, 9.17) is 0 Å². The van der Waals surface area contributed by atoms with E-state index in [0.717, 1.165) is 37.7 Å². The van der Waals surface area contributed by atoms with Gasteiger partial charge in [-0.15, -0.1) is 0 Å². The molecule has 4 aliphatic rings. The van der Waals surface area contributed by atoms with Gasteiger partial charge in [-0.3, -0.25) is 9.59 Å². The molecule has 5 rings (SSSR count). The van der Waals surface area contributed by atoms with Gasteiger partial charge in [0.2, 0.25) is 0 Å². The Hall–Kier alpha value is -1.71. The lowest BCUT2D eigenvalue weighted by molar-refractivity contribution is -0.178. The monoisotopic (exact) mass is 316 g/mol. The molecule has 4 fully saturated rings. The predicted molar refractivity (Wildman–Crippen MR) is 82.3 cm³/mol. The van der Waals surface area contributed by atoms with E-state index in [1.807, 2.05) is 0 Å². The topological polar surface area (TPSA) is 54.4 Å². The summed E-state index contributed by atoms with van der Waals surface area (Å²) in [7, 11) is 0. The fourth-order valence-electron chi connectivity index (χ4n) is 5.81. The van der Waals surface area contributed by atoms with Crippen LogP contribution in [0.4, 0.5) is 4.39 Å². The normalized spacial score (nSPS) is 37.8. The van der Waals surface area contributed by atoms with E-state index in [1.54, 1.807) is 12.1 Å². The van der Waals surface area contributed by atoms with E-state index >= 15 is 0 Å². The van der Waals surface area contributed by atoms with Gasteiger partial charge in [0.25, 0.3) is 0 Å². The van der Waals surface area contributed by atoms with Gasteiger partial charge in [0.1, 0.15) is 11.6 Å². The van der Waals surface area contributed by atoms with Gasteiger partial charge in [0, 0.05) is 11.8 Å². The zero-order valence-electron chi connectivity index (χ0n) is 13.1. The van der Waals surface area contributed by atoms with Crippen LogP contribution in [0, 0.1) is 28.5 Å². The Kier molecular flexibility index (Phi) is 3.16. The number of benzene rings is 1. The molecule has 4 heteroatoms. The molecule has 2 unspecified atom stereocenters. The zero-order valence-corrected chi connectivity index (χ0v) is 13.1. The highest BCUT2D eigenvalue weighted by molar-refractivity contribution is 5.89. The summed E-state index contributed by atoms with van der Waals surface area (Å²) in [5.41, 5.74) is -0.323. The molecule has 1 N–H and O–H groups in total. The number of hydrogen-bond acceptors (Lipinski definition) is 2. The highest BCUT2D eigenvalue weighted by Gasteiger charge is 2.62. The fraction of sp³-hybridized carbons (Fsp3) is 0.579. The molecule has 0 aromatic heterocycles. The number of carbonyl (C=O) groups is 2. The van der Waals surface area contributed by atoms with Gasteiger partial charge < -0.3 is 5.11 Å². The van der Waals surface area contributed by atoms with Crippen LogP contribution in [0.25, 0.3) is 0 Å². The van der Waals surface area contributed by atoms with Crippen LogP contribution in [0.1, 0.15) is 44.1 Å². The number of carbonyl (C=O) groups excluding carboxylic acids is 1. The molecule has 23 heavy (non-hydrogen) atoms. The molecule has 0 amide bonds. The summed E-state index contributed by atoms with van der Waals surface area (Å²) in [6.07, 6.45) is 5.05. The second-order valence-electron chi connectivity index (χ2n) is 8.05.